The van der Waals surface area contributed by atoms with Crippen LogP contribution in [0.2, 0.25) is 0 Å². The highest BCUT2D eigenvalue weighted by Gasteiger charge is 2.34. The lowest BCUT2D eigenvalue weighted by molar-refractivity contribution is 0.503. The van der Waals surface area contributed by atoms with E-state index in [4.69, 9.17) is 0 Å². The van der Waals surface area contributed by atoms with E-state index in [9.17, 15) is 21.0 Å². The standard InChI is InChI=1S/C42H26F2IN4P3/c1-17-18(2)33(38(44)37(43)19(17)3)21-5-7-25-27-11-32-28(12-31(27)35(29(25)9-21)23(13-46)14-47)26-8-6-22(10-30(26)36(32)24(15-48)16-49)34-20(4)40(50)42(52)41(51)39(34)45/h5-12H,50-52H2,1-4H3. The molecule has 0 fully saturated rings. The lowest BCUT2D eigenvalue weighted by Crippen LogP contribution is -2.29. The minimum atomic E-state index is -0.954. The number of hydrogen-bond donors (Lipinski definition) is 0. The Morgan fingerprint density at radius 2 is 0.942 bits per heavy atom. The molecule has 0 spiro atoms. The highest BCUT2D eigenvalue weighted by atomic mass is 127. The van der Waals surface area contributed by atoms with E-state index in [-0.39, 0.29) is 22.3 Å². The van der Waals surface area contributed by atoms with E-state index in [2.05, 4.69) is 69.4 Å². The summed E-state index contributed by atoms with van der Waals surface area (Å²) in [6.07, 6.45) is 0. The van der Waals surface area contributed by atoms with Gasteiger partial charge in [-0.1, -0.05) is 24.3 Å². The summed E-state index contributed by atoms with van der Waals surface area (Å²) in [4.78, 5) is 0. The largest absolute Gasteiger partial charge is 0.203 e. The maximum Gasteiger partial charge on any atom is 0.167 e. The van der Waals surface area contributed by atoms with Crippen molar-refractivity contribution in [3.63, 3.8) is 0 Å². The van der Waals surface area contributed by atoms with Crippen LogP contribution in [0.15, 0.2) is 59.7 Å². The maximum absolute atomic E-state index is 15.6. The van der Waals surface area contributed by atoms with Gasteiger partial charge in [0.1, 0.15) is 35.4 Å². The molecule has 5 aromatic carbocycles. The minimum Gasteiger partial charge on any atom is -0.203 e. The number of halogens is 3. The summed E-state index contributed by atoms with van der Waals surface area (Å²) in [6, 6.07) is 23.4. The number of benzene rings is 5. The first-order chi connectivity index (χ1) is 24.8. The van der Waals surface area contributed by atoms with Gasteiger partial charge in [-0.25, -0.2) is 8.78 Å². The average Bonchev–Trinajstić information content (AvgIpc) is 3.63. The molecule has 3 atom stereocenters. The van der Waals surface area contributed by atoms with Gasteiger partial charge in [-0.05, 0) is 174 Å². The Morgan fingerprint density at radius 1 is 0.500 bits per heavy atom. The SMILES string of the molecule is Cc1c(C)c(F)c(F)c(-c2ccc3c(c2)C(=C(C#N)C#N)c2cc4c(cc2-3)C(=C(C#N)C#N)c2cc(-c3c(C)c(P)c(P)c(P)c3I)ccc2-4)c1C. The summed E-state index contributed by atoms with van der Waals surface area (Å²) in [5.74, 6) is -1.87. The topological polar surface area (TPSA) is 95.2 Å². The van der Waals surface area contributed by atoms with Gasteiger partial charge in [0.2, 0.25) is 0 Å². The van der Waals surface area contributed by atoms with E-state index in [0.29, 0.717) is 55.7 Å². The van der Waals surface area contributed by atoms with Gasteiger partial charge in [-0.2, -0.15) is 21.0 Å². The normalized spacial score (nSPS) is 11.9. The Labute approximate surface area is 321 Å². The minimum absolute atomic E-state index is 0.0379. The number of rotatable bonds is 2. The Morgan fingerprint density at radius 3 is 1.40 bits per heavy atom. The fourth-order valence-electron chi connectivity index (χ4n) is 7.50. The van der Waals surface area contributed by atoms with E-state index in [1.54, 1.807) is 39.0 Å². The van der Waals surface area contributed by atoms with Crippen molar-refractivity contribution in [3.8, 4) is 68.8 Å². The van der Waals surface area contributed by atoms with Crippen LogP contribution in [-0.2, 0) is 0 Å². The number of nitrogens with zero attached hydrogens (tertiary/aromatic N) is 4. The third-order valence-electron chi connectivity index (χ3n) is 10.4. The Balaban J connectivity index is 1.50. The molecule has 2 aliphatic carbocycles. The lowest BCUT2D eigenvalue weighted by atomic mass is 9.90. The molecular weight excluding hydrogens is 818 g/mol. The first-order valence-corrected chi connectivity index (χ1v) is 18.8. The van der Waals surface area contributed by atoms with Gasteiger partial charge in [0.25, 0.3) is 0 Å². The van der Waals surface area contributed by atoms with Crippen LogP contribution in [0.25, 0.3) is 55.7 Å². The summed E-state index contributed by atoms with van der Waals surface area (Å²) in [5, 5.41) is 44.0. The molecule has 7 rings (SSSR count). The second-order valence-corrected chi connectivity index (χ2v) is 15.7. The Bertz CT molecular complexity index is 2510. The van der Waals surface area contributed by atoms with Gasteiger partial charge in [-0.3, -0.25) is 0 Å². The van der Waals surface area contributed by atoms with Crippen LogP contribution in [0, 0.1) is 88.2 Å². The molecule has 250 valence electrons. The van der Waals surface area contributed by atoms with Crippen LogP contribution in [0.4, 0.5) is 8.78 Å². The van der Waals surface area contributed by atoms with Crippen molar-refractivity contribution >= 4 is 77.4 Å². The van der Waals surface area contributed by atoms with E-state index in [0.717, 1.165) is 52.9 Å². The zero-order valence-electron chi connectivity index (χ0n) is 28.3. The molecule has 10 heteroatoms. The van der Waals surface area contributed by atoms with Gasteiger partial charge >= 0.3 is 0 Å². The van der Waals surface area contributed by atoms with Crippen LogP contribution in [-0.4, -0.2) is 0 Å². The first kappa shape index (κ1) is 35.8. The molecule has 0 aromatic heterocycles. The van der Waals surface area contributed by atoms with Gasteiger partial charge in [0.05, 0.1) is 0 Å². The molecule has 2 aliphatic rings. The second-order valence-electron chi connectivity index (χ2n) is 12.8. The van der Waals surface area contributed by atoms with Crippen molar-refractivity contribution in [1.82, 2.24) is 0 Å². The fourth-order valence-corrected chi connectivity index (χ4v) is 9.93. The molecular formula is C42H26F2IN4P3. The van der Waals surface area contributed by atoms with E-state index >= 15 is 8.78 Å². The molecule has 0 amide bonds. The van der Waals surface area contributed by atoms with Crippen LogP contribution in [0.1, 0.15) is 44.5 Å². The number of nitriles is 4. The summed E-state index contributed by atoms with van der Waals surface area (Å²) >= 11 is 2.35. The smallest absolute Gasteiger partial charge is 0.167 e. The lowest BCUT2D eigenvalue weighted by Gasteiger charge is -2.18. The van der Waals surface area contributed by atoms with Crippen LogP contribution in [0.3, 0.4) is 0 Å². The number of hydrogen-bond acceptors (Lipinski definition) is 4. The van der Waals surface area contributed by atoms with Crippen molar-refractivity contribution in [2.45, 2.75) is 27.7 Å². The predicted molar refractivity (Wildman–Crippen MR) is 222 cm³/mol. The van der Waals surface area contributed by atoms with Crippen molar-refractivity contribution in [2.75, 3.05) is 0 Å². The van der Waals surface area contributed by atoms with Gasteiger partial charge in [-0.15, -0.1) is 27.7 Å². The molecule has 4 nitrogen and oxygen atoms in total. The number of allylic oxidation sites excluding steroid dienone is 2. The van der Waals surface area contributed by atoms with Gasteiger partial charge < -0.3 is 0 Å². The predicted octanol–water partition coefficient (Wildman–Crippen LogP) is 9.30. The molecule has 0 radical (unpaired) electrons. The highest BCUT2D eigenvalue weighted by molar-refractivity contribution is 14.1. The molecule has 0 aliphatic heterocycles. The van der Waals surface area contributed by atoms with Crippen LogP contribution in [0.5, 0.6) is 0 Å². The second kappa shape index (κ2) is 13.1. The molecule has 0 bridgehead atoms. The molecule has 3 unspecified atom stereocenters. The van der Waals surface area contributed by atoms with Crippen LogP contribution >= 0.6 is 50.3 Å². The average molecular weight is 845 g/mol. The van der Waals surface area contributed by atoms with E-state index < -0.39 is 11.6 Å². The van der Waals surface area contributed by atoms with E-state index in [1.165, 1.54) is 0 Å². The third kappa shape index (κ3) is 5.03. The summed E-state index contributed by atoms with van der Waals surface area (Å²) in [5.41, 5.74) is 11.4. The molecule has 0 N–H and O–H groups in total. The summed E-state index contributed by atoms with van der Waals surface area (Å²) in [7, 11) is 8.44. The van der Waals surface area contributed by atoms with Crippen molar-refractivity contribution in [3.05, 3.63) is 119 Å². The van der Waals surface area contributed by atoms with Crippen molar-refractivity contribution in [2.24, 2.45) is 0 Å². The Kier molecular flexibility index (Phi) is 9.04. The summed E-state index contributed by atoms with van der Waals surface area (Å²) in [6.45, 7) is 7.12. The highest BCUT2D eigenvalue weighted by Crippen LogP contribution is 2.54. The molecule has 0 saturated carbocycles. The fraction of sp³-hybridized carbons (Fsp3) is 0.0952. The van der Waals surface area contributed by atoms with Crippen molar-refractivity contribution in [1.29, 1.82) is 21.0 Å². The maximum atomic E-state index is 15.6. The number of fused-ring (bicyclic) bond motifs is 6. The zero-order valence-corrected chi connectivity index (χ0v) is 33.9. The molecule has 5 aromatic rings. The first-order valence-electron chi connectivity index (χ1n) is 16.0. The quantitative estimate of drug-likeness (QED) is 0.0986. The molecule has 52 heavy (non-hydrogen) atoms. The van der Waals surface area contributed by atoms with Gasteiger partial charge in [0, 0.05) is 20.3 Å². The third-order valence-corrected chi connectivity index (χ3v) is 14.8. The van der Waals surface area contributed by atoms with Crippen LogP contribution < -0.4 is 15.9 Å². The monoisotopic (exact) mass is 844 g/mol. The molecule has 0 heterocycles. The molecule has 0 saturated heterocycles. The summed E-state index contributed by atoms with van der Waals surface area (Å²) < 4.78 is 31.7. The zero-order chi connectivity index (χ0) is 37.5. The van der Waals surface area contributed by atoms with Crippen molar-refractivity contribution < 1.29 is 8.78 Å². The van der Waals surface area contributed by atoms with E-state index in [1.807, 2.05) is 42.5 Å². The van der Waals surface area contributed by atoms with Gasteiger partial charge in [0.15, 0.2) is 11.6 Å². The Hall–Kier alpha value is -4.58.